The van der Waals surface area contributed by atoms with Gasteiger partial charge in [-0.1, -0.05) is 6.07 Å². The molecule has 3 heterocycles. The Morgan fingerprint density at radius 1 is 1.19 bits per heavy atom. The molecule has 1 aromatic rings. The summed E-state index contributed by atoms with van der Waals surface area (Å²) in [7, 11) is -3.53. The minimum absolute atomic E-state index is 0.0235. The van der Waals surface area contributed by atoms with E-state index in [-0.39, 0.29) is 24.5 Å². The Labute approximate surface area is 163 Å². The highest BCUT2D eigenvalue weighted by molar-refractivity contribution is 7.91. The molecule has 150 valence electrons. The maximum Gasteiger partial charge on any atom is 0.409 e. The standard InChI is InChI=1S/C17H25N3O5S2/c1-2-25-17(22)19-10-8-18(9-11-19)16(21)14-5-3-7-20(13-14)27(23,24)15-6-4-12-26-15/h4,6,12,14H,2-3,5,7-11,13H2,1H3. The monoisotopic (exact) mass is 415 g/mol. The van der Waals surface area contributed by atoms with Gasteiger partial charge in [0.1, 0.15) is 4.21 Å². The number of piperazine rings is 1. The van der Waals surface area contributed by atoms with E-state index in [0.29, 0.717) is 56.4 Å². The van der Waals surface area contributed by atoms with E-state index in [0.717, 1.165) is 0 Å². The van der Waals surface area contributed by atoms with Gasteiger partial charge in [0, 0.05) is 39.3 Å². The van der Waals surface area contributed by atoms with Crippen molar-refractivity contribution in [2.45, 2.75) is 24.0 Å². The molecule has 2 fully saturated rings. The minimum atomic E-state index is -3.53. The lowest BCUT2D eigenvalue weighted by Crippen LogP contribution is -2.54. The average Bonchev–Trinajstić information content (AvgIpc) is 3.23. The Bertz CT molecular complexity index is 758. The number of carbonyl (C=O) groups excluding carboxylic acids is 2. The van der Waals surface area contributed by atoms with E-state index in [1.807, 2.05) is 0 Å². The minimum Gasteiger partial charge on any atom is -0.450 e. The highest BCUT2D eigenvalue weighted by Crippen LogP contribution is 2.27. The van der Waals surface area contributed by atoms with Crippen molar-refractivity contribution in [1.82, 2.24) is 14.1 Å². The normalized spacial score (nSPS) is 21.9. The summed E-state index contributed by atoms with van der Waals surface area (Å²) in [4.78, 5) is 28.0. The molecule has 0 bridgehead atoms. The third-order valence-electron chi connectivity index (χ3n) is 4.94. The molecule has 2 aliphatic heterocycles. The quantitative estimate of drug-likeness (QED) is 0.743. The summed E-state index contributed by atoms with van der Waals surface area (Å²) in [6.07, 6.45) is 1.01. The van der Waals surface area contributed by atoms with Crippen LogP contribution in [-0.4, -0.2) is 80.4 Å². The lowest BCUT2D eigenvalue weighted by Gasteiger charge is -2.38. The molecule has 1 unspecified atom stereocenters. The Morgan fingerprint density at radius 3 is 2.52 bits per heavy atom. The van der Waals surface area contributed by atoms with Crippen LogP contribution in [0.25, 0.3) is 0 Å². The molecule has 0 radical (unpaired) electrons. The SMILES string of the molecule is CCOC(=O)N1CCN(C(=O)C2CCCN(S(=O)(=O)c3cccs3)C2)CC1. The highest BCUT2D eigenvalue weighted by Gasteiger charge is 2.36. The van der Waals surface area contributed by atoms with E-state index in [4.69, 9.17) is 4.74 Å². The largest absolute Gasteiger partial charge is 0.450 e. The Balaban J connectivity index is 1.59. The van der Waals surface area contributed by atoms with Crippen molar-refractivity contribution in [1.29, 1.82) is 0 Å². The lowest BCUT2D eigenvalue weighted by atomic mass is 9.98. The van der Waals surface area contributed by atoms with Gasteiger partial charge in [0.2, 0.25) is 5.91 Å². The third kappa shape index (κ3) is 4.44. The molecule has 1 aromatic heterocycles. The van der Waals surface area contributed by atoms with Crippen molar-refractivity contribution >= 4 is 33.4 Å². The van der Waals surface area contributed by atoms with Crippen LogP contribution < -0.4 is 0 Å². The maximum atomic E-state index is 12.9. The van der Waals surface area contributed by atoms with Crippen LogP contribution in [0.1, 0.15) is 19.8 Å². The number of hydrogen-bond acceptors (Lipinski definition) is 6. The number of amides is 2. The number of thiophene rings is 1. The first-order valence-electron chi connectivity index (χ1n) is 9.17. The van der Waals surface area contributed by atoms with Crippen molar-refractivity contribution in [2.75, 3.05) is 45.9 Å². The molecule has 2 saturated heterocycles. The van der Waals surface area contributed by atoms with E-state index in [1.54, 1.807) is 34.2 Å². The number of nitrogens with zero attached hydrogens (tertiary/aromatic N) is 3. The molecular formula is C17H25N3O5S2. The zero-order valence-corrected chi connectivity index (χ0v) is 17.0. The van der Waals surface area contributed by atoms with Crippen LogP contribution in [0.15, 0.2) is 21.7 Å². The summed E-state index contributed by atoms with van der Waals surface area (Å²) >= 11 is 1.19. The van der Waals surface area contributed by atoms with E-state index in [2.05, 4.69) is 0 Å². The van der Waals surface area contributed by atoms with Gasteiger partial charge in [-0.2, -0.15) is 4.31 Å². The fourth-order valence-corrected chi connectivity index (χ4v) is 6.15. The predicted octanol–water partition coefficient (Wildman–Crippen LogP) is 1.45. The van der Waals surface area contributed by atoms with Crippen LogP contribution in [0.3, 0.4) is 0 Å². The number of hydrogen-bond donors (Lipinski definition) is 0. The number of sulfonamides is 1. The third-order valence-corrected chi connectivity index (χ3v) is 8.18. The van der Waals surface area contributed by atoms with Crippen LogP contribution in [0.5, 0.6) is 0 Å². The van der Waals surface area contributed by atoms with Crippen molar-refractivity contribution in [3.05, 3.63) is 17.5 Å². The first-order chi connectivity index (χ1) is 12.9. The van der Waals surface area contributed by atoms with Gasteiger partial charge in [-0.25, -0.2) is 13.2 Å². The van der Waals surface area contributed by atoms with Crippen molar-refractivity contribution in [3.8, 4) is 0 Å². The van der Waals surface area contributed by atoms with Crippen LogP contribution >= 0.6 is 11.3 Å². The fraction of sp³-hybridized carbons (Fsp3) is 0.647. The molecule has 0 saturated carbocycles. The van der Waals surface area contributed by atoms with E-state index < -0.39 is 10.0 Å². The average molecular weight is 416 g/mol. The zero-order valence-electron chi connectivity index (χ0n) is 15.4. The summed E-state index contributed by atoms with van der Waals surface area (Å²) in [6.45, 7) is 4.53. The van der Waals surface area contributed by atoms with Gasteiger partial charge < -0.3 is 14.5 Å². The van der Waals surface area contributed by atoms with Gasteiger partial charge in [0.05, 0.1) is 12.5 Å². The molecule has 2 aliphatic rings. The second-order valence-corrected chi connectivity index (χ2v) is 9.76. The number of rotatable bonds is 4. The molecule has 1 atom stereocenters. The van der Waals surface area contributed by atoms with Crippen molar-refractivity contribution in [2.24, 2.45) is 5.92 Å². The van der Waals surface area contributed by atoms with Crippen LogP contribution in [-0.2, 0) is 19.6 Å². The molecule has 2 amide bonds. The highest BCUT2D eigenvalue weighted by atomic mass is 32.2. The van der Waals surface area contributed by atoms with Crippen LogP contribution in [0, 0.1) is 5.92 Å². The molecule has 0 aromatic carbocycles. The number of carbonyl (C=O) groups is 2. The number of piperidine rings is 1. The van der Waals surface area contributed by atoms with Gasteiger partial charge in [0.25, 0.3) is 10.0 Å². The summed E-state index contributed by atoms with van der Waals surface area (Å²) in [5.74, 6) is -0.354. The van der Waals surface area contributed by atoms with Gasteiger partial charge in [-0.15, -0.1) is 11.3 Å². The zero-order chi connectivity index (χ0) is 19.4. The summed E-state index contributed by atoms with van der Waals surface area (Å²) in [5.41, 5.74) is 0. The maximum absolute atomic E-state index is 12.9. The predicted molar refractivity (Wildman–Crippen MR) is 101 cm³/mol. The van der Waals surface area contributed by atoms with Gasteiger partial charge in [-0.3, -0.25) is 4.79 Å². The molecule has 3 rings (SSSR count). The van der Waals surface area contributed by atoms with Gasteiger partial charge in [0.15, 0.2) is 0 Å². The molecule has 0 spiro atoms. The first-order valence-corrected chi connectivity index (χ1v) is 11.5. The van der Waals surface area contributed by atoms with E-state index in [9.17, 15) is 18.0 Å². The molecule has 0 aliphatic carbocycles. The smallest absolute Gasteiger partial charge is 0.409 e. The van der Waals surface area contributed by atoms with Crippen LogP contribution in [0.4, 0.5) is 4.79 Å². The fourth-order valence-electron chi connectivity index (χ4n) is 3.48. The first kappa shape index (κ1) is 20.1. The summed E-state index contributed by atoms with van der Waals surface area (Å²) in [5, 5.41) is 1.74. The van der Waals surface area contributed by atoms with Crippen molar-refractivity contribution in [3.63, 3.8) is 0 Å². The Hall–Kier alpha value is -1.65. The summed E-state index contributed by atoms with van der Waals surface area (Å²) < 4.78 is 32.2. The van der Waals surface area contributed by atoms with Crippen LogP contribution in [0.2, 0.25) is 0 Å². The van der Waals surface area contributed by atoms with E-state index >= 15 is 0 Å². The van der Waals surface area contributed by atoms with Gasteiger partial charge in [-0.05, 0) is 31.2 Å². The molecular weight excluding hydrogens is 390 g/mol. The second kappa shape index (κ2) is 8.57. The molecule has 0 N–H and O–H groups in total. The molecule has 27 heavy (non-hydrogen) atoms. The summed E-state index contributed by atoms with van der Waals surface area (Å²) in [6, 6.07) is 3.31. The molecule has 10 heteroatoms. The van der Waals surface area contributed by atoms with E-state index in [1.165, 1.54) is 15.6 Å². The Kier molecular flexibility index (Phi) is 6.38. The molecule has 8 nitrogen and oxygen atoms in total. The van der Waals surface area contributed by atoms with Gasteiger partial charge >= 0.3 is 6.09 Å². The van der Waals surface area contributed by atoms with Crippen molar-refractivity contribution < 1.29 is 22.7 Å². The Morgan fingerprint density at radius 2 is 1.89 bits per heavy atom. The topological polar surface area (TPSA) is 87.2 Å². The number of ether oxygens (including phenoxy) is 1. The second-order valence-electron chi connectivity index (χ2n) is 6.65. The lowest BCUT2D eigenvalue weighted by molar-refractivity contribution is -0.138.